The summed E-state index contributed by atoms with van der Waals surface area (Å²) < 4.78 is 0. The Balaban J connectivity index is 2.18. The maximum Gasteiger partial charge on any atom is 0.139 e. The zero-order valence-electron chi connectivity index (χ0n) is 8.10. The Morgan fingerprint density at radius 1 is 1.17 bits per heavy atom. The summed E-state index contributed by atoms with van der Waals surface area (Å²) in [7, 11) is 0. The zero-order valence-corrected chi connectivity index (χ0v) is 8.10. The fourth-order valence-corrected chi connectivity index (χ4v) is 3.05. The predicted molar refractivity (Wildman–Crippen MR) is 48.9 cm³/mol. The van der Waals surface area contributed by atoms with Gasteiger partial charge >= 0.3 is 0 Å². The Labute approximate surface area is 74.5 Å². The molecule has 0 amide bonds. The van der Waals surface area contributed by atoms with Crippen molar-refractivity contribution in [1.82, 2.24) is 0 Å². The van der Waals surface area contributed by atoms with Gasteiger partial charge in [-0.1, -0.05) is 20.3 Å². The maximum absolute atomic E-state index is 11.7. The molecule has 2 bridgehead atoms. The van der Waals surface area contributed by atoms with Crippen LogP contribution in [0.15, 0.2) is 0 Å². The zero-order chi connectivity index (χ0) is 8.77. The Kier molecular flexibility index (Phi) is 1.78. The lowest BCUT2D eigenvalue weighted by Gasteiger charge is -2.42. The van der Waals surface area contributed by atoms with Crippen LogP contribution in [-0.4, -0.2) is 5.78 Å². The molecule has 0 saturated heterocycles. The van der Waals surface area contributed by atoms with Crippen molar-refractivity contribution in [2.45, 2.75) is 46.0 Å². The second-order valence-electron chi connectivity index (χ2n) is 5.30. The molecule has 0 spiro atoms. The molecular weight excluding hydrogens is 148 g/mol. The lowest BCUT2D eigenvalue weighted by molar-refractivity contribution is -0.135. The van der Waals surface area contributed by atoms with Crippen molar-refractivity contribution in [2.24, 2.45) is 17.3 Å². The van der Waals surface area contributed by atoms with Gasteiger partial charge < -0.3 is 0 Å². The molecule has 68 valence electrons. The van der Waals surface area contributed by atoms with E-state index in [1.54, 1.807) is 0 Å². The van der Waals surface area contributed by atoms with Gasteiger partial charge in [-0.3, -0.25) is 4.79 Å². The van der Waals surface area contributed by atoms with Gasteiger partial charge in [0.25, 0.3) is 0 Å². The van der Waals surface area contributed by atoms with Gasteiger partial charge in [-0.2, -0.15) is 0 Å². The summed E-state index contributed by atoms with van der Waals surface area (Å²) in [6, 6.07) is 0. The van der Waals surface area contributed by atoms with Crippen LogP contribution in [0, 0.1) is 17.3 Å². The van der Waals surface area contributed by atoms with E-state index in [-0.39, 0.29) is 0 Å². The molecule has 0 aromatic carbocycles. The van der Waals surface area contributed by atoms with Gasteiger partial charge in [0.2, 0.25) is 0 Å². The quantitative estimate of drug-likeness (QED) is 0.541. The first-order valence-corrected chi connectivity index (χ1v) is 5.12. The molecule has 2 rings (SSSR count). The van der Waals surface area contributed by atoms with E-state index in [9.17, 15) is 4.79 Å². The molecule has 2 aliphatic rings. The second kappa shape index (κ2) is 2.58. The van der Waals surface area contributed by atoms with Crippen molar-refractivity contribution in [1.29, 1.82) is 0 Å². The van der Waals surface area contributed by atoms with E-state index in [0.717, 1.165) is 12.8 Å². The van der Waals surface area contributed by atoms with Crippen LogP contribution in [0.3, 0.4) is 0 Å². The van der Waals surface area contributed by atoms with E-state index in [4.69, 9.17) is 0 Å². The predicted octanol–water partition coefficient (Wildman–Crippen LogP) is 2.79. The second-order valence-corrected chi connectivity index (χ2v) is 5.30. The fraction of sp³-hybridized carbons (Fsp3) is 0.909. The van der Waals surface area contributed by atoms with Gasteiger partial charge in [-0.15, -0.1) is 0 Å². The van der Waals surface area contributed by atoms with Gasteiger partial charge in [0.05, 0.1) is 0 Å². The van der Waals surface area contributed by atoms with Gasteiger partial charge in [-0.05, 0) is 31.1 Å². The Morgan fingerprint density at radius 3 is 2.17 bits per heavy atom. The third-order valence-electron chi connectivity index (χ3n) is 3.51. The monoisotopic (exact) mass is 166 g/mol. The van der Waals surface area contributed by atoms with Crippen LogP contribution in [0.2, 0.25) is 0 Å². The van der Waals surface area contributed by atoms with E-state index in [2.05, 4.69) is 13.8 Å². The van der Waals surface area contributed by atoms with Gasteiger partial charge in [0, 0.05) is 11.8 Å². The molecule has 2 unspecified atom stereocenters. The molecule has 0 aliphatic heterocycles. The van der Waals surface area contributed by atoms with Crippen molar-refractivity contribution < 1.29 is 4.79 Å². The number of carbonyl (C=O) groups excluding carboxylic acids is 1. The highest BCUT2D eigenvalue weighted by atomic mass is 16.1. The van der Waals surface area contributed by atoms with Crippen LogP contribution in [0.5, 0.6) is 0 Å². The van der Waals surface area contributed by atoms with Crippen LogP contribution in [-0.2, 0) is 4.79 Å². The highest BCUT2D eigenvalue weighted by Gasteiger charge is 2.41. The number of rotatable bonds is 0. The van der Waals surface area contributed by atoms with Gasteiger partial charge in [0.1, 0.15) is 5.78 Å². The molecule has 0 aromatic rings. The van der Waals surface area contributed by atoms with Gasteiger partial charge in [0.15, 0.2) is 0 Å². The average Bonchev–Trinajstić information content (AvgIpc) is 1.92. The molecule has 2 atom stereocenters. The highest BCUT2D eigenvalue weighted by molar-refractivity contribution is 5.85. The first-order chi connectivity index (χ1) is 5.58. The molecule has 1 heteroatoms. The summed E-state index contributed by atoms with van der Waals surface area (Å²) in [6.45, 7) is 4.62. The maximum atomic E-state index is 11.7. The molecule has 0 N–H and O–H groups in total. The number of fused-ring (bicyclic) bond motifs is 2. The molecule has 2 saturated carbocycles. The van der Waals surface area contributed by atoms with Crippen molar-refractivity contribution in [3.8, 4) is 0 Å². The third-order valence-corrected chi connectivity index (χ3v) is 3.51. The molecule has 1 nitrogen and oxygen atoms in total. The summed E-state index contributed by atoms with van der Waals surface area (Å²) in [6.07, 6.45) is 5.90. The molecule has 12 heavy (non-hydrogen) atoms. The van der Waals surface area contributed by atoms with Crippen LogP contribution < -0.4 is 0 Å². The third kappa shape index (κ3) is 1.30. The average molecular weight is 166 g/mol. The molecule has 0 heterocycles. The minimum absolute atomic E-state index is 0.424. The van der Waals surface area contributed by atoms with Crippen molar-refractivity contribution in [2.75, 3.05) is 0 Å². The fourth-order valence-electron chi connectivity index (χ4n) is 3.05. The van der Waals surface area contributed by atoms with E-state index in [1.807, 2.05) is 0 Å². The normalized spacial score (nSPS) is 39.7. The van der Waals surface area contributed by atoms with Crippen LogP contribution in [0.4, 0.5) is 0 Å². The number of Topliss-reactive ketones (excluding diaryl/α,β-unsaturated/α-hetero) is 1. The summed E-state index contributed by atoms with van der Waals surface area (Å²) in [5.41, 5.74) is 0.434. The smallest absolute Gasteiger partial charge is 0.139 e. The van der Waals surface area contributed by atoms with Crippen LogP contribution in [0.25, 0.3) is 0 Å². The molecule has 0 aromatic heterocycles. The summed E-state index contributed by atoms with van der Waals surface area (Å²) in [5, 5.41) is 0. The van der Waals surface area contributed by atoms with Crippen LogP contribution >= 0.6 is 0 Å². The summed E-state index contributed by atoms with van der Waals surface area (Å²) >= 11 is 0. The number of hydrogen-bond acceptors (Lipinski definition) is 1. The lowest BCUT2D eigenvalue weighted by atomic mass is 9.62. The highest BCUT2D eigenvalue weighted by Crippen LogP contribution is 2.46. The number of ketones is 1. The van der Waals surface area contributed by atoms with Crippen molar-refractivity contribution in [3.05, 3.63) is 0 Å². The summed E-state index contributed by atoms with van der Waals surface area (Å²) in [5.74, 6) is 1.43. The Hall–Kier alpha value is -0.330. The minimum atomic E-state index is 0.424. The minimum Gasteiger partial charge on any atom is -0.299 e. The van der Waals surface area contributed by atoms with E-state index >= 15 is 0 Å². The number of hydrogen-bond donors (Lipinski definition) is 0. The molecule has 2 fully saturated rings. The number of carbonyl (C=O) groups is 1. The standard InChI is InChI=1S/C11H18O/c1-11(2)6-8-4-3-5-9(7-11)10(8)12/h8-9H,3-7H2,1-2H3. The Bertz CT molecular complexity index is 187. The first-order valence-electron chi connectivity index (χ1n) is 5.12. The molecular formula is C11H18O. The summed E-state index contributed by atoms with van der Waals surface area (Å²) in [4.78, 5) is 11.7. The largest absolute Gasteiger partial charge is 0.299 e. The lowest BCUT2D eigenvalue weighted by Crippen LogP contribution is -2.39. The van der Waals surface area contributed by atoms with Crippen molar-refractivity contribution >= 4 is 5.78 Å². The topological polar surface area (TPSA) is 17.1 Å². The first kappa shape index (κ1) is 8.28. The van der Waals surface area contributed by atoms with Crippen molar-refractivity contribution in [3.63, 3.8) is 0 Å². The van der Waals surface area contributed by atoms with E-state index < -0.39 is 0 Å². The van der Waals surface area contributed by atoms with Gasteiger partial charge in [-0.25, -0.2) is 0 Å². The molecule has 2 aliphatic carbocycles. The van der Waals surface area contributed by atoms with E-state index in [1.165, 1.54) is 19.3 Å². The van der Waals surface area contributed by atoms with Crippen LogP contribution in [0.1, 0.15) is 46.0 Å². The molecule has 0 radical (unpaired) electrons. The Morgan fingerprint density at radius 2 is 1.67 bits per heavy atom. The SMILES string of the molecule is CC1(C)CC2CCCC(C1)C2=O. The van der Waals surface area contributed by atoms with E-state index in [0.29, 0.717) is 23.0 Å².